The summed E-state index contributed by atoms with van der Waals surface area (Å²) in [7, 11) is 0. The molecule has 1 fully saturated rings. The average molecular weight is 141 g/mol. The van der Waals surface area contributed by atoms with E-state index in [1.54, 1.807) is 0 Å². The molecule has 3 nitrogen and oxygen atoms in total. The molecule has 0 amide bonds. The SMILES string of the molecule is CC1(C)O[C@H]2CN=C[C@H]2O1. The molecule has 2 heterocycles. The van der Waals surface area contributed by atoms with Gasteiger partial charge < -0.3 is 9.47 Å². The molecule has 0 aliphatic carbocycles. The molecular formula is C7H11NO2. The number of hydrogen-bond acceptors (Lipinski definition) is 3. The molecular weight excluding hydrogens is 130 g/mol. The average Bonchev–Trinajstić information content (AvgIpc) is 2.20. The Morgan fingerprint density at radius 2 is 2.30 bits per heavy atom. The van der Waals surface area contributed by atoms with E-state index in [9.17, 15) is 0 Å². The summed E-state index contributed by atoms with van der Waals surface area (Å²) < 4.78 is 11.0. The minimum atomic E-state index is -0.401. The first-order valence-electron chi connectivity index (χ1n) is 3.53. The molecule has 1 saturated heterocycles. The molecule has 0 aromatic rings. The molecule has 0 bridgehead atoms. The van der Waals surface area contributed by atoms with Crippen molar-refractivity contribution in [2.45, 2.75) is 31.8 Å². The Labute approximate surface area is 60.0 Å². The van der Waals surface area contributed by atoms with Crippen molar-refractivity contribution in [3.05, 3.63) is 0 Å². The molecule has 0 aromatic carbocycles. The van der Waals surface area contributed by atoms with Crippen LogP contribution in [0.3, 0.4) is 0 Å². The summed E-state index contributed by atoms with van der Waals surface area (Å²) in [6.07, 6.45) is 2.12. The van der Waals surface area contributed by atoms with Crippen molar-refractivity contribution < 1.29 is 9.47 Å². The van der Waals surface area contributed by atoms with Gasteiger partial charge in [0.2, 0.25) is 0 Å². The Balaban J connectivity index is 2.13. The zero-order valence-electron chi connectivity index (χ0n) is 6.20. The lowest BCUT2D eigenvalue weighted by Gasteiger charge is -2.16. The molecule has 2 aliphatic heterocycles. The van der Waals surface area contributed by atoms with Gasteiger partial charge >= 0.3 is 0 Å². The molecule has 0 saturated carbocycles. The van der Waals surface area contributed by atoms with Crippen molar-refractivity contribution in [1.82, 2.24) is 0 Å². The number of nitrogens with zero attached hydrogens (tertiary/aromatic N) is 1. The second-order valence-corrected chi connectivity index (χ2v) is 3.15. The maximum Gasteiger partial charge on any atom is 0.164 e. The summed E-state index contributed by atoms with van der Waals surface area (Å²) >= 11 is 0. The van der Waals surface area contributed by atoms with Crippen LogP contribution >= 0.6 is 0 Å². The third-order valence-electron chi connectivity index (χ3n) is 1.76. The zero-order valence-corrected chi connectivity index (χ0v) is 6.20. The standard InChI is InChI=1S/C7H11NO2/c1-7(2)9-5-3-8-4-6(5)10-7/h3,5-6H,4H2,1-2H3/t5-,6+/m1/s1. The Hall–Kier alpha value is -0.410. The molecule has 0 aromatic heterocycles. The lowest BCUT2D eigenvalue weighted by atomic mass is 10.3. The normalized spacial score (nSPS) is 42.2. The highest BCUT2D eigenvalue weighted by Crippen LogP contribution is 2.29. The fourth-order valence-corrected chi connectivity index (χ4v) is 1.40. The lowest BCUT2D eigenvalue weighted by Crippen LogP contribution is -2.22. The van der Waals surface area contributed by atoms with Crippen LogP contribution in [0.2, 0.25) is 0 Å². The third kappa shape index (κ3) is 0.859. The van der Waals surface area contributed by atoms with Crippen molar-refractivity contribution in [2.24, 2.45) is 4.99 Å². The highest BCUT2D eigenvalue weighted by molar-refractivity contribution is 5.67. The van der Waals surface area contributed by atoms with E-state index in [4.69, 9.17) is 9.47 Å². The van der Waals surface area contributed by atoms with Gasteiger partial charge in [0.15, 0.2) is 5.79 Å². The zero-order chi connectivity index (χ0) is 7.19. The van der Waals surface area contributed by atoms with Crippen molar-refractivity contribution in [3.63, 3.8) is 0 Å². The Kier molecular flexibility index (Phi) is 1.13. The van der Waals surface area contributed by atoms with Gasteiger partial charge in [-0.25, -0.2) is 0 Å². The Morgan fingerprint density at radius 1 is 1.50 bits per heavy atom. The van der Waals surface area contributed by atoms with Gasteiger partial charge in [-0.15, -0.1) is 0 Å². The van der Waals surface area contributed by atoms with Gasteiger partial charge in [0.05, 0.1) is 6.54 Å². The van der Waals surface area contributed by atoms with Crippen LogP contribution in [0.5, 0.6) is 0 Å². The van der Waals surface area contributed by atoms with E-state index in [0.717, 1.165) is 6.54 Å². The van der Waals surface area contributed by atoms with Crippen LogP contribution in [0.15, 0.2) is 4.99 Å². The van der Waals surface area contributed by atoms with Crippen molar-refractivity contribution in [1.29, 1.82) is 0 Å². The molecule has 56 valence electrons. The van der Waals surface area contributed by atoms with Gasteiger partial charge in [-0.05, 0) is 13.8 Å². The van der Waals surface area contributed by atoms with Gasteiger partial charge in [0.1, 0.15) is 12.2 Å². The maximum atomic E-state index is 5.53. The van der Waals surface area contributed by atoms with Crippen LogP contribution in [-0.2, 0) is 9.47 Å². The van der Waals surface area contributed by atoms with E-state index in [1.165, 1.54) is 0 Å². The van der Waals surface area contributed by atoms with Gasteiger partial charge in [-0.3, -0.25) is 4.99 Å². The minimum Gasteiger partial charge on any atom is -0.342 e. The highest BCUT2D eigenvalue weighted by atomic mass is 16.8. The number of ether oxygens (including phenoxy) is 2. The smallest absolute Gasteiger partial charge is 0.164 e. The minimum absolute atomic E-state index is 0.106. The first kappa shape index (κ1) is 6.31. The van der Waals surface area contributed by atoms with E-state index in [1.807, 2.05) is 20.1 Å². The molecule has 0 N–H and O–H groups in total. The summed E-state index contributed by atoms with van der Waals surface area (Å²) in [4.78, 5) is 4.06. The fourth-order valence-electron chi connectivity index (χ4n) is 1.40. The molecule has 2 rings (SSSR count). The lowest BCUT2D eigenvalue weighted by molar-refractivity contribution is -0.141. The number of aliphatic imine (C=N–C) groups is 1. The Bertz CT molecular complexity index is 176. The second kappa shape index (κ2) is 1.80. The summed E-state index contributed by atoms with van der Waals surface area (Å²) in [5, 5.41) is 0. The van der Waals surface area contributed by atoms with Crippen LogP contribution in [0.4, 0.5) is 0 Å². The molecule has 10 heavy (non-hydrogen) atoms. The number of hydrogen-bond donors (Lipinski definition) is 0. The summed E-state index contributed by atoms with van der Waals surface area (Å²) in [5.41, 5.74) is 0. The third-order valence-corrected chi connectivity index (χ3v) is 1.76. The monoisotopic (exact) mass is 141 g/mol. The second-order valence-electron chi connectivity index (χ2n) is 3.15. The summed E-state index contributed by atoms with van der Waals surface area (Å²) in [6.45, 7) is 4.62. The van der Waals surface area contributed by atoms with Crippen molar-refractivity contribution in [2.75, 3.05) is 6.54 Å². The summed E-state index contributed by atoms with van der Waals surface area (Å²) in [6, 6.07) is 0. The van der Waals surface area contributed by atoms with Gasteiger partial charge in [0, 0.05) is 6.21 Å². The highest BCUT2D eigenvalue weighted by Gasteiger charge is 2.42. The largest absolute Gasteiger partial charge is 0.342 e. The van der Waals surface area contributed by atoms with E-state index in [-0.39, 0.29) is 12.2 Å². The first-order valence-corrected chi connectivity index (χ1v) is 3.53. The molecule has 3 heteroatoms. The van der Waals surface area contributed by atoms with Gasteiger partial charge in [-0.2, -0.15) is 0 Å². The van der Waals surface area contributed by atoms with Crippen LogP contribution in [0.1, 0.15) is 13.8 Å². The predicted octanol–water partition coefficient (Wildman–Crippen LogP) is 0.591. The molecule has 0 spiro atoms. The van der Waals surface area contributed by atoms with E-state index < -0.39 is 5.79 Å². The fraction of sp³-hybridized carbons (Fsp3) is 0.857. The van der Waals surface area contributed by atoms with Crippen LogP contribution in [-0.4, -0.2) is 30.8 Å². The Morgan fingerprint density at radius 3 is 3.00 bits per heavy atom. The van der Waals surface area contributed by atoms with Crippen LogP contribution in [0, 0.1) is 0 Å². The van der Waals surface area contributed by atoms with Crippen LogP contribution in [0.25, 0.3) is 0 Å². The number of fused-ring (bicyclic) bond motifs is 1. The topological polar surface area (TPSA) is 30.8 Å². The van der Waals surface area contributed by atoms with E-state index >= 15 is 0 Å². The molecule has 2 aliphatic rings. The number of rotatable bonds is 0. The first-order chi connectivity index (χ1) is 4.67. The van der Waals surface area contributed by atoms with Gasteiger partial charge in [-0.1, -0.05) is 0 Å². The van der Waals surface area contributed by atoms with Gasteiger partial charge in [0.25, 0.3) is 0 Å². The maximum absolute atomic E-state index is 5.53. The predicted molar refractivity (Wildman–Crippen MR) is 37.2 cm³/mol. The van der Waals surface area contributed by atoms with E-state index in [0.29, 0.717) is 0 Å². The van der Waals surface area contributed by atoms with Crippen molar-refractivity contribution in [3.8, 4) is 0 Å². The molecule has 2 atom stereocenters. The van der Waals surface area contributed by atoms with Crippen molar-refractivity contribution >= 4 is 6.21 Å². The molecule has 0 unspecified atom stereocenters. The molecule has 0 radical (unpaired) electrons. The summed E-state index contributed by atoms with van der Waals surface area (Å²) in [5.74, 6) is -0.401. The van der Waals surface area contributed by atoms with Crippen LogP contribution < -0.4 is 0 Å². The quantitative estimate of drug-likeness (QED) is 0.494. The van der Waals surface area contributed by atoms with E-state index in [2.05, 4.69) is 4.99 Å².